The van der Waals surface area contributed by atoms with Gasteiger partial charge in [-0.3, -0.25) is 14.4 Å². The highest BCUT2D eigenvalue weighted by Crippen LogP contribution is 2.60. The van der Waals surface area contributed by atoms with Crippen molar-refractivity contribution in [2.24, 2.45) is 5.73 Å². The lowest BCUT2D eigenvalue weighted by molar-refractivity contribution is -0.162. The number of halogens is 7. The maximum atomic E-state index is 15.2. The molecular weight excluding hydrogens is 866 g/mol. The number of carbonyl (C=O) groups excluding carboxylic acids is 3. The minimum Gasteiger partial charge on any atom is -0.480 e. The molecule has 5 aromatic rings. The number of alkyl halides is 3. The summed E-state index contributed by atoms with van der Waals surface area (Å²) in [4.78, 5) is 53.4. The van der Waals surface area contributed by atoms with Crippen LogP contribution in [-0.4, -0.2) is 82.3 Å². The number of hydrogen-bond acceptors (Lipinski definition) is 6. The van der Waals surface area contributed by atoms with Gasteiger partial charge in [0.2, 0.25) is 17.7 Å². The molecule has 3 heterocycles. The first-order valence-corrected chi connectivity index (χ1v) is 20.6. The number of aromatic amines is 2. The molecule has 0 radical (unpaired) electrons. The number of nitrogens with one attached hydrogen (secondary N) is 5. The molecule has 1 aliphatic carbocycles. The number of carboxylic acid groups (broad SMARTS) is 1. The van der Waals surface area contributed by atoms with E-state index < -0.39 is 58.8 Å². The second-order valence-electron chi connectivity index (χ2n) is 15.5. The highest BCUT2D eigenvalue weighted by Gasteiger charge is 2.66. The average Bonchev–Trinajstić information content (AvgIpc) is 3.77. The van der Waals surface area contributed by atoms with Crippen LogP contribution in [0.5, 0.6) is 0 Å². The zero-order chi connectivity index (χ0) is 47.6. The molecule has 2 atom stereocenters. The third-order valence-electron chi connectivity index (χ3n) is 11.3. The van der Waals surface area contributed by atoms with E-state index in [4.69, 9.17) is 10.8 Å². The third-order valence-corrected chi connectivity index (χ3v) is 11.3. The van der Waals surface area contributed by atoms with Crippen molar-refractivity contribution in [2.45, 2.75) is 82.0 Å². The highest BCUT2D eigenvalue weighted by molar-refractivity contribution is 5.89. The molecule has 65 heavy (non-hydrogen) atoms. The van der Waals surface area contributed by atoms with Crippen molar-refractivity contribution >= 4 is 23.7 Å². The number of benzene rings is 3. The summed E-state index contributed by atoms with van der Waals surface area (Å²) < 4.78 is 96.2. The molecule has 1 aliphatic heterocycles. The molecule has 2 aromatic heterocycles. The minimum absolute atomic E-state index is 0.0596. The summed E-state index contributed by atoms with van der Waals surface area (Å²) >= 11 is 0. The van der Waals surface area contributed by atoms with E-state index in [0.29, 0.717) is 24.9 Å². The van der Waals surface area contributed by atoms with E-state index in [9.17, 15) is 50.6 Å². The smallest absolute Gasteiger partial charge is 0.399 e. The Morgan fingerprint density at radius 1 is 0.769 bits per heavy atom. The van der Waals surface area contributed by atoms with Crippen LogP contribution in [0, 0.1) is 30.2 Å². The molecule has 1 saturated heterocycles. The number of rotatable bonds is 15. The lowest BCUT2D eigenvalue weighted by Gasteiger charge is -2.18. The van der Waals surface area contributed by atoms with Gasteiger partial charge >= 0.3 is 12.1 Å². The fourth-order valence-electron chi connectivity index (χ4n) is 7.62. The van der Waals surface area contributed by atoms with Gasteiger partial charge in [-0.15, -0.1) is 0 Å². The van der Waals surface area contributed by atoms with Gasteiger partial charge in [-0.05, 0) is 153 Å². The van der Waals surface area contributed by atoms with Crippen LogP contribution in [0.15, 0.2) is 72.8 Å². The zero-order valence-corrected chi connectivity index (χ0v) is 35.4. The summed E-state index contributed by atoms with van der Waals surface area (Å²) in [6.45, 7) is 2.47. The Balaban J connectivity index is 0.000000235. The van der Waals surface area contributed by atoms with Crippen molar-refractivity contribution in [3.05, 3.63) is 118 Å². The molecule has 0 bridgehead atoms. The molecule has 19 heteroatoms. The second kappa shape index (κ2) is 21.5. The number of H-pyrrole nitrogens is 2. The second-order valence-corrected chi connectivity index (χ2v) is 15.5. The fraction of sp³-hybridized carbons (Fsp3) is 0.348. The van der Waals surface area contributed by atoms with Crippen LogP contribution in [0.4, 0.5) is 30.7 Å². The highest BCUT2D eigenvalue weighted by atomic mass is 19.4. The van der Waals surface area contributed by atoms with Crippen LogP contribution >= 0.6 is 0 Å². The Kier molecular flexibility index (Phi) is 16.4. The van der Waals surface area contributed by atoms with Gasteiger partial charge in [0, 0.05) is 43.4 Å². The quantitative estimate of drug-likeness (QED) is 0.0523. The number of aliphatic carboxylic acids is 1. The van der Waals surface area contributed by atoms with Gasteiger partial charge in [0.05, 0.1) is 11.4 Å². The largest absolute Gasteiger partial charge is 0.480 e. The van der Waals surface area contributed by atoms with Crippen molar-refractivity contribution in [1.29, 1.82) is 0 Å². The maximum absolute atomic E-state index is 15.2. The minimum atomic E-state index is -4.62. The number of nitrogens with two attached hydrogens (primary N) is 1. The Hall–Kier alpha value is -6.47. The summed E-state index contributed by atoms with van der Waals surface area (Å²) in [6, 6.07) is 15.2. The molecule has 1 saturated carbocycles. The molecular formula is C46H49F7N6O6. The molecule has 7 rings (SSSR count). The number of aliphatic hydroxyl groups is 1. The number of carbonyl (C=O) groups is 4. The van der Waals surface area contributed by atoms with Gasteiger partial charge in [-0.25, -0.2) is 22.4 Å². The topological polar surface area (TPSA) is 202 Å². The number of carboxylic acids is 1. The predicted molar refractivity (Wildman–Crippen MR) is 227 cm³/mol. The van der Waals surface area contributed by atoms with Crippen LogP contribution in [0.25, 0.3) is 33.8 Å². The predicted octanol–water partition coefficient (Wildman–Crippen LogP) is 6.89. The van der Waals surface area contributed by atoms with E-state index >= 15 is 4.39 Å². The molecule has 0 spiro atoms. The van der Waals surface area contributed by atoms with Crippen molar-refractivity contribution in [3.8, 4) is 33.8 Å². The molecule has 2 fully saturated rings. The van der Waals surface area contributed by atoms with E-state index in [2.05, 4.69) is 25.9 Å². The average molecular weight is 915 g/mol. The van der Waals surface area contributed by atoms with Crippen molar-refractivity contribution < 1.29 is 60.1 Å². The third kappa shape index (κ3) is 11.8. The zero-order valence-electron chi connectivity index (χ0n) is 35.4. The standard InChI is InChI=1S/C24H25F2N3O3.C21H20F5N3O2.CH4O/c1-14-19(10-11-21(30)28-20(12-13-27)24(31)32)23(16-4-8-18(26)9-5-16)29-22(14)15-2-6-17(25)7-3-15;22-12-3-1-11(2-4-12)17-13(5-6-15(30)28-14-7-10-27-19(14)31)16(23)18(29-17)20(8-9-20)21(24,25)26;1-2/h2-9,20,29H,10-13,27H2,1H3,(H,28,30)(H,31,32);1-4,14,29H,5-10H2,(H,27,31)(H,28,30);2H,1H3. The summed E-state index contributed by atoms with van der Waals surface area (Å²) in [5.41, 5.74) is 7.67. The Morgan fingerprint density at radius 3 is 1.69 bits per heavy atom. The Labute approximate surface area is 369 Å². The summed E-state index contributed by atoms with van der Waals surface area (Å²) in [7, 11) is 1.00. The van der Waals surface area contributed by atoms with E-state index in [1.165, 1.54) is 36.4 Å². The van der Waals surface area contributed by atoms with Gasteiger partial charge in [0.15, 0.2) is 0 Å². The van der Waals surface area contributed by atoms with Crippen LogP contribution in [-0.2, 0) is 37.4 Å². The monoisotopic (exact) mass is 914 g/mol. The van der Waals surface area contributed by atoms with Crippen molar-refractivity contribution in [1.82, 2.24) is 25.9 Å². The molecule has 3 aromatic carbocycles. The van der Waals surface area contributed by atoms with Gasteiger partial charge in [-0.1, -0.05) is 0 Å². The summed E-state index contributed by atoms with van der Waals surface area (Å²) in [6.07, 6.45) is -4.51. The lowest BCUT2D eigenvalue weighted by atomic mass is 9.98. The number of aromatic nitrogens is 2. The molecule has 2 aliphatic rings. The summed E-state index contributed by atoms with van der Waals surface area (Å²) in [5.74, 6) is -4.63. The number of aliphatic hydroxyl groups excluding tert-OH is 1. The molecule has 3 amide bonds. The first-order chi connectivity index (χ1) is 30.9. The first kappa shape index (κ1) is 49.5. The van der Waals surface area contributed by atoms with Gasteiger partial charge in [0.25, 0.3) is 0 Å². The van der Waals surface area contributed by atoms with Gasteiger partial charge < -0.3 is 41.9 Å². The maximum Gasteiger partial charge on any atom is 0.399 e. The van der Waals surface area contributed by atoms with Crippen LogP contribution in [0.1, 0.15) is 60.9 Å². The van der Waals surface area contributed by atoms with Crippen LogP contribution < -0.4 is 21.7 Å². The Morgan fingerprint density at radius 2 is 1.25 bits per heavy atom. The molecule has 348 valence electrons. The van der Waals surface area contributed by atoms with E-state index in [0.717, 1.165) is 52.9 Å². The molecule has 9 N–H and O–H groups in total. The van der Waals surface area contributed by atoms with Crippen molar-refractivity contribution in [2.75, 3.05) is 20.2 Å². The summed E-state index contributed by atoms with van der Waals surface area (Å²) in [5, 5.41) is 23.8. The van der Waals surface area contributed by atoms with Gasteiger partial charge in [0.1, 0.15) is 40.8 Å². The van der Waals surface area contributed by atoms with Crippen LogP contribution in [0.2, 0.25) is 0 Å². The first-order valence-electron chi connectivity index (χ1n) is 20.6. The molecule has 2 unspecified atom stereocenters. The fourth-order valence-corrected chi connectivity index (χ4v) is 7.62. The Bertz CT molecular complexity index is 2450. The normalized spacial score (nSPS) is 15.4. The van der Waals surface area contributed by atoms with E-state index in [1.807, 2.05) is 6.92 Å². The van der Waals surface area contributed by atoms with E-state index in [1.54, 1.807) is 24.3 Å². The lowest BCUT2D eigenvalue weighted by Crippen LogP contribution is -2.42. The number of amides is 3. The van der Waals surface area contributed by atoms with Crippen molar-refractivity contribution in [3.63, 3.8) is 0 Å². The van der Waals surface area contributed by atoms with Crippen LogP contribution in [0.3, 0.4) is 0 Å². The molecule has 12 nitrogen and oxygen atoms in total. The van der Waals surface area contributed by atoms with E-state index in [-0.39, 0.29) is 73.9 Å². The SMILES string of the molecule is CO.Cc1c(-c2ccc(F)cc2)[nH]c(-c2ccc(F)cc2)c1CCC(=O)NC(CCN)C(=O)O.O=C(CCc1c(-c2ccc(F)cc2)[nH]c(C2(C(F)(F)F)CC2)c1F)NC1CCNC1=O. The van der Waals surface area contributed by atoms with Gasteiger partial charge in [-0.2, -0.15) is 13.2 Å². The number of hydrogen-bond donors (Lipinski definition) is 8.